The van der Waals surface area contributed by atoms with Crippen LogP contribution < -0.4 is 20.8 Å². The molecular formula is C22H27N5O3. The molecule has 2 aromatic heterocycles. The number of hydrogen-bond acceptors (Lipinski definition) is 7. The number of fused-ring (bicyclic) bond motifs is 1. The lowest BCUT2D eigenvalue weighted by Crippen LogP contribution is -2.22. The summed E-state index contributed by atoms with van der Waals surface area (Å²) in [6, 6.07) is 7.13. The van der Waals surface area contributed by atoms with Crippen molar-refractivity contribution in [2.45, 2.75) is 19.3 Å². The van der Waals surface area contributed by atoms with E-state index in [9.17, 15) is 4.79 Å². The van der Waals surface area contributed by atoms with Gasteiger partial charge in [0.25, 0.3) is 5.56 Å². The number of pyridine rings is 1. The van der Waals surface area contributed by atoms with Crippen molar-refractivity contribution >= 4 is 16.7 Å². The van der Waals surface area contributed by atoms with Gasteiger partial charge in [-0.3, -0.25) is 9.36 Å². The maximum Gasteiger partial charge on any atom is 0.261 e. The van der Waals surface area contributed by atoms with E-state index in [1.807, 2.05) is 18.2 Å². The molecule has 30 heavy (non-hydrogen) atoms. The van der Waals surface area contributed by atoms with E-state index in [2.05, 4.69) is 14.9 Å². The fourth-order valence-corrected chi connectivity index (χ4v) is 3.86. The van der Waals surface area contributed by atoms with Gasteiger partial charge in [-0.05, 0) is 50.6 Å². The van der Waals surface area contributed by atoms with E-state index < -0.39 is 0 Å². The summed E-state index contributed by atoms with van der Waals surface area (Å²) in [6.45, 7) is 4.11. The zero-order valence-corrected chi connectivity index (χ0v) is 17.4. The minimum atomic E-state index is -0.187. The highest BCUT2D eigenvalue weighted by atomic mass is 16.5. The Bertz CT molecular complexity index is 1110. The molecular weight excluding hydrogens is 382 g/mol. The molecule has 0 saturated carbocycles. The van der Waals surface area contributed by atoms with Crippen LogP contribution in [0.4, 0.5) is 5.82 Å². The molecule has 4 rings (SSSR count). The highest BCUT2D eigenvalue weighted by Crippen LogP contribution is 2.32. The summed E-state index contributed by atoms with van der Waals surface area (Å²) in [7, 11) is 3.28. The summed E-state index contributed by atoms with van der Waals surface area (Å²) in [5.41, 5.74) is 6.73. The molecule has 1 saturated heterocycles. The van der Waals surface area contributed by atoms with Crippen molar-refractivity contribution in [1.29, 1.82) is 0 Å². The SMILES string of the molecule is COc1cc(OCCCN2CCCC2)ccc1-c1nc2cnc(N)cc2c(=O)n1C. The van der Waals surface area contributed by atoms with E-state index in [4.69, 9.17) is 15.2 Å². The van der Waals surface area contributed by atoms with Crippen LogP contribution in [-0.2, 0) is 7.05 Å². The van der Waals surface area contributed by atoms with E-state index in [0.717, 1.165) is 18.7 Å². The van der Waals surface area contributed by atoms with E-state index in [0.29, 0.717) is 34.6 Å². The van der Waals surface area contributed by atoms with Gasteiger partial charge in [-0.15, -0.1) is 0 Å². The molecule has 3 aromatic rings. The standard InChI is InChI=1S/C22H27N5O3/c1-26-21(25-18-14-24-20(23)13-17(18)22(26)28)16-7-6-15(12-19(16)29-2)30-11-5-10-27-8-3-4-9-27/h6-7,12-14H,3-5,8-11H2,1-2H3,(H2,23,24). The van der Waals surface area contributed by atoms with Crippen molar-refractivity contribution in [3.8, 4) is 22.9 Å². The normalized spacial score (nSPS) is 14.3. The number of methoxy groups -OCH3 is 1. The van der Waals surface area contributed by atoms with Crippen molar-refractivity contribution in [2.75, 3.05) is 39.1 Å². The Morgan fingerprint density at radius 3 is 2.77 bits per heavy atom. The van der Waals surface area contributed by atoms with Gasteiger partial charge in [-0.1, -0.05) is 0 Å². The van der Waals surface area contributed by atoms with Gasteiger partial charge in [0.05, 0.1) is 36.4 Å². The number of anilines is 1. The highest BCUT2D eigenvalue weighted by Gasteiger charge is 2.16. The number of benzene rings is 1. The summed E-state index contributed by atoms with van der Waals surface area (Å²) >= 11 is 0. The number of aromatic nitrogens is 3. The fraction of sp³-hybridized carbons (Fsp3) is 0.409. The Hall–Kier alpha value is -3.13. The molecule has 1 aliphatic heterocycles. The second kappa shape index (κ2) is 8.71. The summed E-state index contributed by atoms with van der Waals surface area (Å²) in [5, 5.41) is 0.436. The predicted octanol–water partition coefficient (Wildman–Crippen LogP) is 2.45. The lowest BCUT2D eigenvalue weighted by atomic mass is 10.1. The third kappa shape index (κ3) is 4.09. The number of nitrogens with two attached hydrogens (primary N) is 1. The summed E-state index contributed by atoms with van der Waals surface area (Å²) in [5.74, 6) is 2.11. The van der Waals surface area contributed by atoms with E-state index in [1.165, 1.54) is 36.7 Å². The summed E-state index contributed by atoms with van der Waals surface area (Å²) in [6.07, 6.45) is 5.10. The van der Waals surface area contributed by atoms with Gasteiger partial charge in [0.15, 0.2) is 0 Å². The Morgan fingerprint density at radius 1 is 1.20 bits per heavy atom. The number of nitrogens with zero attached hydrogens (tertiary/aromatic N) is 4. The average Bonchev–Trinajstić information content (AvgIpc) is 3.28. The van der Waals surface area contributed by atoms with Gasteiger partial charge in [0.2, 0.25) is 0 Å². The second-order valence-corrected chi connectivity index (χ2v) is 7.54. The maximum absolute atomic E-state index is 12.8. The van der Waals surface area contributed by atoms with Gasteiger partial charge in [0, 0.05) is 19.7 Å². The van der Waals surface area contributed by atoms with Crippen molar-refractivity contribution in [2.24, 2.45) is 7.05 Å². The third-order valence-corrected chi connectivity index (χ3v) is 5.48. The number of rotatable bonds is 7. The Balaban J connectivity index is 1.56. The van der Waals surface area contributed by atoms with Crippen LogP contribution in [0.1, 0.15) is 19.3 Å². The first kappa shape index (κ1) is 20.2. The van der Waals surface area contributed by atoms with Crippen molar-refractivity contribution in [1.82, 2.24) is 19.4 Å². The van der Waals surface area contributed by atoms with E-state index in [-0.39, 0.29) is 11.4 Å². The van der Waals surface area contributed by atoms with Crippen molar-refractivity contribution in [3.63, 3.8) is 0 Å². The smallest absolute Gasteiger partial charge is 0.261 e. The van der Waals surface area contributed by atoms with E-state index in [1.54, 1.807) is 20.2 Å². The minimum Gasteiger partial charge on any atom is -0.496 e. The van der Waals surface area contributed by atoms with Crippen molar-refractivity contribution < 1.29 is 9.47 Å². The van der Waals surface area contributed by atoms with Crippen molar-refractivity contribution in [3.05, 3.63) is 40.8 Å². The minimum absolute atomic E-state index is 0.187. The molecule has 0 bridgehead atoms. The molecule has 0 amide bonds. The highest BCUT2D eigenvalue weighted by molar-refractivity contribution is 5.81. The summed E-state index contributed by atoms with van der Waals surface area (Å²) in [4.78, 5) is 23.9. The molecule has 2 N–H and O–H groups in total. The Kier molecular flexibility index (Phi) is 5.85. The zero-order chi connectivity index (χ0) is 21.1. The Morgan fingerprint density at radius 2 is 2.00 bits per heavy atom. The van der Waals surface area contributed by atoms with Crippen LogP contribution in [0.2, 0.25) is 0 Å². The molecule has 1 aliphatic rings. The molecule has 0 atom stereocenters. The van der Waals surface area contributed by atoms with Crippen LogP contribution >= 0.6 is 0 Å². The van der Waals surface area contributed by atoms with Crippen LogP contribution in [0.25, 0.3) is 22.3 Å². The molecule has 3 heterocycles. The molecule has 158 valence electrons. The first-order valence-corrected chi connectivity index (χ1v) is 10.2. The maximum atomic E-state index is 12.8. The number of hydrogen-bond donors (Lipinski definition) is 1. The quantitative estimate of drug-likeness (QED) is 0.599. The molecule has 0 radical (unpaired) electrons. The van der Waals surface area contributed by atoms with Crippen LogP contribution in [0.15, 0.2) is 35.3 Å². The fourth-order valence-electron chi connectivity index (χ4n) is 3.86. The monoisotopic (exact) mass is 409 g/mol. The molecule has 1 aromatic carbocycles. The molecule has 8 heteroatoms. The topological polar surface area (TPSA) is 95.5 Å². The van der Waals surface area contributed by atoms with Gasteiger partial charge in [-0.25, -0.2) is 9.97 Å². The molecule has 8 nitrogen and oxygen atoms in total. The van der Waals surface area contributed by atoms with Gasteiger partial charge >= 0.3 is 0 Å². The lowest BCUT2D eigenvalue weighted by molar-refractivity contribution is 0.262. The van der Waals surface area contributed by atoms with Gasteiger partial charge in [-0.2, -0.15) is 0 Å². The van der Waals surface area contributed by atoms with Crippen LogP contribution in [0.5, 0.6) is 11.5 Å². The number of nitrogen functional groups attached to an aromatic ring is 1. The van der Waals surface area contributed by atoms with Gasteiger partial charge < -0.3 is 20.1 Å². The number of likely N-dealkylation sites (tertiary alicyclic amines) is 1. The van der Waals surface area contributed by atoms with Crippen LogP contribution in [-0.4, -0.2) is 52.8 Å². The Labute approximate surface area is 175 Å². The largest absolute Gasteiger partial charge is 0.496 e. The molecule has 1 fully saturated rings. The molecule has 0 unspecified atom stereocenters. The first-order valence-electron chi connectivity index (χ1n) is 10.2. The third-order valence-electron chi connectivity index (χ3n) is 5.48. The predicted molar refractivity (Wildman–Crippen MR) is 117 cm³/mol. The molecule has 0 aliphatic carbocycles. The number of ether oxygens (including phenoxy) is 2. The lowest BCUT2D eigenvalue weighted by Gasteiger charge is -2.16. The second-order valence-electron chi connectivity index (χ2n) is 7.54. The molecule has 0 spiro atoms. The summed E-state index contributed by atoms with van der Waals surface area (Å²) < 4.78 is 13.0. The average molecular weight is 409 g/mol. The first-order chi connectivity index (χ1) is 14.6. The van der Waals surface area contributed by atoms with Crippen LogP contribution in [0.3, 0.4) is 0 Å². The van der Waals surface area contributed by atoms with Crippen LogP contribution in [0, 0.1) is 0 Å². The van der Waals surface area contributed by atoms with E-state index >= 15 is 0 Å². The zero-order valence-electron chi connectivity index (χ0n) is 17.4. The van der Waals surface area contributed by atoms with Gasteiger partial charge in [0.1, 0.15) is 23.1 Å².